The fourth-order valence-electron chi connectivity index (χ4n) is 2.75. The van der Waals surface area contributed by atoms with Gasteiger partial charge < -0.3 is 5.11 Å². The van der Waals surface area contributed by atoms with Crippen LogP contribution in [-0.2, 0) is 0 Å². The van der Waals surface area contributed by atoms with E-state index in [1.165, 1.54) is 31.7 Å². The van der Waals surface area contributed by atoms with E-state index in [4.69, 9.17) is 0 Å². The van der Waals surface area contributed by atoms with Gasteiger partial charge in [0.25, 0.3) is 0 Å². The van der Waals surface area contributed by atoms with Crippen molar-refractivity contribution in [2.75, 3.05) is 0 Å². The first-order chi connectivity index (χ1) is 6.92. The van der Waals surface area contributed by atoms with Crippen molar-refractivity contribution >= 4 is 8.07 Å². The van der Waals surface area contributed by atoms with Crippen LogP contribution < -0.4 is 0 Å². The molecule has 0 heterocycles. The van der Waals surface area contributed by atoms with Gasteiger partial charge in [-0.15, -0.1) is 0 Å². The van der Waals surface area contributed by atoms with E-state index in [1.807, 2.05) is 0 Å². The lowest BCUT2D eigenvalue weighted by molar-refractivity contribution is 0.126. The van der Waals surface area contributed by atoms with Gasteiger partial charge in [-0.25, -0.2) is 0 Å². The molecule has 2 heteroatoms. The zero-order chi connectivity index (χ0) is 11.5. The predicted molar refractivity (Wildman–Crippen MR) is 69.9 cm³/mol. The van der Waals surface area contributed by atoms with Gasteiger partial charge in [-0.05, 0) is 31.1 Å². The second kappa shape index (κ2) is 5.49. The Hall–Kier alpha value is 0.177. The molecular weight excluding hydrogens is 200 g/mol. The van der Waals surface area contributed by atoms with E-state index in [0.717, 1.165) is 12.3 Å². The van der Waals surface area contributed by atoms with Crippen LogP contribution in [-0.4, -0.2) is 19.3 Å². The van der Waals surface area contributed by atoms with Crippen LogP contribution >= 0.6 is 0 Å². The van der Waals surface area contributed by atoms with Crippen LogP contribution in [0.2, 0.25) is 25.7 Å². The van der Waals surface area contributed by atoms with Gasteiger partial charge in [0.15, 0.2) is 0 Å². The highest BCUT2D eigenvalue weighted by molar-refractivity contribution is 6.76. The maximum absolute atomic E-state index is 9.93. The number of aliphatic hydroxyl groups is 1. The van der Waals surface area contributed by atoms with Gasteiger partial charge in [-0.1, -0.05) is 45.5 Å². The molecule has 0 aromatic rings. The highest BCUT2D eigenvalue weighted by atomic mass is 28.3. The first-order valence-electron chi connectivity index (χ1n) is 6.60. The average Bonchev–Trinajstić information content (AvgIpc) is 2.45. The monoisotopic (exact) mass is 228 g/mol. The summed E-state index contributed by atoms with van der Waals surface area (Å²) in [5, 5.41) is 9.93. The summed E-state index contributed by atoms with van der Waals surface area (Å²) in [6.07, 6.45) is 6.21. The smallest absolute Gasteiger partial charge is 0.0571 e. The summed E-state index contributed by atoms with van der Waals surface area (Å²) in [5.41, 5.74) is 0. The Morgan fingerprint density at radius 1 is 1.20 bits per heavy atom. The van der Waals surface area contributed by atoms with Gasteiger partial charge in [-0.2, -0.15) is 0 Å². The lowest BCUT2D eigenvalue weighted by Gasteiger charge is -2.18. The quantitative estimate of drug-likeness (QED) is 0.708. The molecule has 15 heavy (non-hydrogen) atoms. The molecule has 0 radical (unpaired) electrons. The fraction of sp³-hybridized carbons (Fsp3) is 1.00. The summed E-state index contributed by atoms with van der Waals surface area (Å²) in [6, 6.07) is 1.42. The summed E-state index contributed by atoms with van der Waals surface area (Å²) in [5.74, 6) is 1.42. The average molecular weight is 228 g/mol. The standard InChI is InChI=1S/C13H28OSi/c1-5-11-9-12(13(14)10-11)7-6-8-15(2,3)4/h11-14H,5-10H2,1-4H3/t11-,12+,13-/m1/s1. The lowest BCUT2D eigenvalue weighted by Crippen LogP contribution is -2.20. The Bertz CT molecular complexity index is 185. The third kappa shape index (κ3) is 4.69. The van der Waals surface area contributed by atoms with Crippen LogP contribution in [0.25, 0.3) is 0 Å². The van der Waals surface area contributed by atoms with Crippen molar-refractivity contribution in [3.8, 4) is 0 Å². The molecule has 1 nitrogen and oxygen atoms in total. The fourth-order valence-corrected chi connectivity index (χ4v) is 4.02. The van der Waals surface area contributed by atoms with Crippen LogP contribution in [0, 0.1) is 11.8 Å². The van der Waals surface area contributed by atoms with E-state index < -0.39 is 8.07 Å². The predicted octanol–water partition coefficient (Wildman–Crippen LogP) is 3.90. The SMILES string of the molecule is CC[C@@H]1C[C@H](CCC[Si](C)(C)C)[C@H](O)C1. The maximum Gasteiger partial charge on any atom is 0.0571 e. The Kier molecular flexibility index (Phi) is 4.85. The lowest BCUT2D eigenvalue weighted by atomic mass is 9.98. The van der Waals surface area contributed by atoms with Crippen molar-refractivity contribution in [1.29, 1.82) is 0 Å². The molecule has 90 valence electrons. The molecule has 0 saturated heterocycles. The zero-order valence-corrected chi connectivity index (χ0v) is 11.9. The third-order valence-corrected chi connectivity index (χ3v) is 5.69. The van der Waals surface area contributed by atoms with Crippen molar-refractivity contribution in [2.45, 2.75) is 70.8 Å². The molecule has 1 saturated carbocycles. The number of aliphatic hydroxyl groups excluding tert-OH is 1. The van der Waals surface area contributed by atoms with Crippen LogP contribution in [0.15, 0.2) is 0 Å². The summed E-state index contributed by atoms with van der Waals surface area (Å²) in [6.45, 7) is 9.56. The summed E-state index contributed by atoms with van der Waals surface area (Å²) in [4.78, 5) is 0. The van der Waals surface area contributed by atoms with Crippen molar-refractivity contribution in [3.05, 3.63) is 0 Å². The molecule has 0 unspecified atom stereocenters. The van der Waals surface area contributed by atoms with Gasteiger partial charge in [0.05, 0.1) is 6.10 Å². The van der Waals surface area contributed by atoms with Crippen molar-refractivity contribution in [1.82, 2.24) is 0 Å². The van der Waals surface area contributed by atoms with Crippen LogP contribution in [0.3, 0.4) is 0 Å². The van der Waals surface area contributed by atoms with Gasteiger partial charge >= 0.3 is 0 Å². The van der Waals surface area contributed by atoms with Gasteiger partial charge in [0, 0.05) is 8.07 Å². The van der Waals surface area contributed by atoms with E-state index in [9.17, 15) is 5.11 Å². The van der Waals surface area contributed by atoms with E-state index in [0.29, 0.717) is 5.92 Å². The highest BCUT2D eigenvalue weighted by Crippen LogP contribution is 2.36. The molecule has 0 aliphatic heterocycles. The van der Waals surface area contributed by atoms with E-state index in [1.54, 1.807) is 0 Å². The minimum atomic E-state index is -0.858. The summed E-state index contributed by atoms with van der Waals surface area (Å²) >= 11 is 0. The number of hydrogen-bond acceptors (Lipinski definition) is 1. The highest BCUT2D eigenvalue weighted by Gasteiger charge is 2.31. The first-order valence-corrected chi connectivity index (χ1v) is 10.3. The molecule has 0 spiro atoms. The Morgan fingerprint density at radius 2 is 1.87 bits per heavy atom. The van der Waals surface area contributed by atoms with Crippen molar-refractivity contribution < 1.29 is 5.11 Å². The molecule has 0 aromatic heterocycles. The number of rotatable bonds is 5. The van der Waals surface area contributed by atoms with E-state index >= 15 is 0 Å². The van der Waals surface area contributed by atoms with Gasteiger partial charge in [-0.3, -0.25) is 0 Å². The molecule has 0 aromatic carbocycles. The number of hydrogen-bond donors (Lipinski definition) is 1. The molecule has 0 bridgehead atoms. The van der Waals surface area contributed by atoms with Crippen LogP contribution in [0.4, 0.5) is 0 Å². The van der Waals surface area contributed by atoms with Crippen molar-refractivity contribution in [3.63, 3.8) is 0 Å². The van der Waals surface area contributed by atoms with Crippen LogP contribution in [0.5, 0.6) is 0 Å². The van der Waals surface area contributed by atoms with Crippen LogP contribution in [0.1, 0.15) is 39.0 Å². The molecule has 1 N–H and O–H groups in total. The zero-order valence-electron chi connectivity index (χ0n) is 10.9. The second-order valence-electron chi connectivity index (χ2n) is 6.53. The van der Waals surface area contributed by atoms with E-state index in [2.05, 4.69) is 26.6 Å². The molecule has 0 amide bonds. The van der Waals surface area contributed by atoms with E-state index in [-0.39, 0.29) is 6.10 Å². The Labute approximate surface area is 96.3 Å². The third-order valence-electron chi connectivity index (χ3n) is 3.83. The first kappa shape index (κ1) is 13.2. The second-order valence-corrected chi connectivity index (χ2v) is 12.1. The molecule has 1 aliphatic carbocycles. The normalized spacial score (nSPS) is 32.2. The minimum absolute atomic E-state index is 0.0107. The molecule has 1 fully saturated rings. The minimum Gasteiger partial charge on any atom is -0.393 e. The summed E-state index contributed by atoms with van der Waals surface area (Å²) in [7, 11) is -0.858. The molecule has 1 aliphatic rings. The Morgan fingerprint density at radius 3 is 2.33 bits per heavy atom. The molecular formula is C13H28OSi. The van der Waals surface area contributed by atoms with Gasteiger partial charge in [0.2, 0.25) is 0 Å². The van der Waals surface area contributed by atoms with Gasteiger partial charge in [0.1, 0.15) is 0 Å². The maximum atomic E-state index is 9.93. The summed E-state index contributed by atoms with van der Waals surface area (Å²) < 4.78 is 0. The molecule has 3 atom stereocenters. The van der Waals surface area contributed by atoms with Crippen molar-refractivity contribution in [2.24, 2.45) is 11.8 Å². The Balaban J connectivity index is 2.22. The largest absolute Gasteiger partial charge is 0.393 e. The topological polar surface area (TPSA) is 20.2 Å². The molecule has 1 rings (SSSR count).